The Kier molecular flexibility index (Phi) is 7.70. The van der Waals surface area contributed by atoms with Crippen LogP contribution in [0.1, 0.15) is 17.2 Å². The first-order valence-electron chi connectivity index (χ1n) is 8.59. The molecule has 4 nitrogen and oxygen atoms in total. The maximum Gasteiger partial charge on any atom is 0.166 e. The van der Waals surface area contributed by atoms with Gasteiger partial charge >= 0.3 is 0 Å². The summed E-state index contributed by atoms with van der Waals surface area (Å²) in [4.78, 5) is 1.37. The predicted molar refractivity (Wildman–Crippen MR) is 107 cm³/mol. The van der Waals surface area contributed by atoms with E-state index in [0.717, 1.165) is 25.3 Å². The number of rotatable bonds is 8. The van der Waals surface area contributed by atoms with Gasteiger partial charge in [-0.1, -0.05) is 42.5 Å². The summed E-state index contributed by atoms with van der Waals surface area (Å²) in [5.41, 5.74) is 2.58. The molecule has 2 aromatic rings. The number of hydrogen-bond acceptors (Lipinski definition) is 2. The quantitative estimate of drug-likeness (QED) is 0.627. The number of ether oxygens (including phenoxy) is 1. The summed E-state index contributed by atoms with van der Waals surface area (Å²) >= 11 is 5.41. The highest BCUT2D eigenvalue weighted by Gasteiger charge is 2.17. The lowest BCUT2D eigenvalue weighted by molar-refractivity contribution is -0.890. The van der Waals surface area contributed by atoms with Crippen molar-refractivity contribution in [3.8, 4) is 5.75 Å². The van der Waals surface area contributed by atoms with Crippen molar-refractivity contribution in [1.82, 2.24) is 10.6 Å². The van der Waals surface area contributed by atoms with Crippen LogP contribution in [0.25, 0.3) is 0 Å². The minimum absolute atomic E-state index is 0.363. The molecule has 0 bridgehead atoms. The first-order chi connectivity index (χ1) is 12.1. The van der Waals surface area contributed by atoms with E-state index in [0.29, 0.717) is 11.2 Å². The van der Waals surface area contributed by atoms with Crippen molar-refractivity contribution < 1.29 is 9.64 Å². The number of methoxy groups -OCH3 is 1. The number of benzene rings is 2. The third-order valence-corrected chi connectivity index (χ3v) is 4.51. The van der Waals surface area contributed by atoms with Crippen LogP contribution in [0, 0.1) is 0 Å². The zero-order valence-corrected chi connectivity index (χ0v) is 16.0. The van der Waals surface area contributed by atoms with Crippen molar-refractivity contribution in [2.45, 2.75) is 12.5 Å². The first kappa shape index (κ1) is 19.2. The van der Waals surface area contributed by atoms with E-state index in [9.17, 15) is 0 Å². The molecule has 3 N–H and O–H groups in total. The Hall–Kier alpha value is -2.11. The molecule has 0 radical (unpaired) electrons. The van der Waals surface area contributed by atoms with Crippen molar-refractivity contribution in [2.75, 3.05) is 34.3 Å². The second-order valence-electron chi connectivity index (χ2n) is 6.28. The van der Waals surface area contributed by atoms with Crippen molar-refractivity contribution in [1.29, 1.82) is 0 Å². The van der Waals surface area contributed by atoms with Crippen LogP contribution < -0.4 is 20.3 Å². The van der Waals surface area contributed by atoms with E-state index >= 15 is 0 Å². The normalized spacial score (nSPS) is 11.8. The summed E-state index contributed by atoms with van der Waals surface area (Å²) in [6.45, 7) is 1.61. The molecule has 0 spiro atoms. The Morgan fingerprint density at radius 1 is 1.04 bits per heavy atom. The van der Waals surface area contributed by atoms with Crippen molar-refractivity contribution in [2.24, 2.45) is 0 Å². The molecule has 2 rings (SSSR count). The fraction of sp³-hybridized carbons (Fsp3) is 0.350. The minimum Gasteiger partial charge on any atom is -0.497 e. The lowest BCUT2D eigenvalue weighted by Crippen LogP contribution is -3.07. The Labute approximate surface area is 156 Å². The predicted octanol–water partition coefficient (Wildman–Crippen LogP) is 1.59. The zero-order chi connectivity index (χ0) is 18.1. The number of thiocarbonyl (C=S) groups is 1. The molecule has 0 aromatic heterocycles. The van der Waals surface area contributed by atoms with Gasteiger partial charge in [-0.25, -0.2) is 0 Å². The van der Waals surface area contributed by atoms with E-state index < -0.39 is 0 Å². The summed E-state index contributed by atoms with van der Waals surface area (Å²) in [6.07, 6.45) is 0.923. The average molecular weight is 359 g/mol. The standard InChI is InChI=1S/C20H27N3OS/c1-23(2)19(17-7-5-4-6-8-17)15-22-20(25)21-14-13-16-9-11-18(24-3)12-10-16/h4-12,19H,13-15H2,1-3H3,(H2,21,22,25)/p+1/t19-/m0/s1. The fourth-order valence-corrected chi connectivity index (χ4v) is 2.90. The van der Waals surface area contributed by atoms with Gasteiger partial charge in [0.15, 0.2) is 5.11 Å². The van der Waals surface area contributed by atoms with Crippen LogP contribution in [0.2, 0.25) is 0 Å². The Morgan fingerprint density at radius 3 is 2.32 bits per heavy atom. The third kappa shape index (κ3) is 6.36. The monoisotopic (exact) mass is 358 g/mol. The molecular formula is C20H28N3OS+. The smallest absolute Gasteiger partial charge is 0.166 e. The average Bonchev–Trinajstić information content (AvgIpc) is 2.63. The highest BCUT2D eigenvalue weighted by Crippen LogP contribution is 2.11. The number of nitrogens with one attached hydrogen (secondary N) is 3. The summed E-state index contributed by atoms with van der Waals surface area (Å²) in [6, 6.07) is 19.0. The molecular weight excluding hydrogens is 330 g/mol. The number of likely N-dealkylation sites (N-methyl/N-ethyl adjacent to an activating group) is 1. The van der Waals surface area contributed by atoms with Crippen LogP contribution in [0.3, 0.4) is 0 Å². The van der Waals surface area contributed by atoms with Gasteiger partial charge in [0.25, 0.3) is 0 Å². The maximum absolute atomic E-state index is 5.41. The van der Waals surface area contributed by atoms with Crippen LogP contribution in [-0.4, -0.2) is 39.4 Å². The van der Waals surface area contributed by atoms with Gasteiger partial charge in [-0.05, 0) is 36.3 Å². The van der Waals surface area contributed by atoms with E-state index in [1.807, 2.05) is 18.2 Å². The van der Waals surface area contributed by atoms with Crippen LogP contribution in [0.5, 0.6) is 5.75 Å². The van der Waals surface area contributed by atoms with E-state index in [-0.39, 0.29) is 0 Å². The second-order valence-corrected chi connectivity index (χ2v) is 6.68. The first-order valence-corrected chi connectivity index (χ1v) is 9.00. The molecule has 2 aromatic carbocycles. The second kappa shape index (κ2) is 10.0. The molecule has 25 heavy (non-hydrogen) atoms. The lowest BCUT2D eigenvalue weighted by atomic mass is 10.1. The van der Waals surface area contributed by atoms with Crippen molar-refractivity contribution >= 4 is 17.3 Å². The molecule has 0 amide bonds. The summed E-state index contributed by atoms with van der Waals surface area (Å²) in [5, 5.41) is 7.34. The molecule has 0 aliphatic heterocycles. The maximum atomic E-state index is 5.41. The fourth-order valence-electron chi connectivity index (χ4n) is 2.71. The van der Waals surface area contributed by atoms with E-state index in [2.05, 4.69) is 61.1 Å². The molecule has 0 saturated heterocycles. The molecule has 134 valence electrons. The highest BCUT2D eigenvalue weighted by atomic mass is 32.1. The van der Waals surface area contributed by atoms with Gasteiger partial charge in [0.1, 0.15) is 11.8 Å². The topological polar surface area (TPSA) is 37.7 Å². The van der Waals surface area contributed by atoms with Crippen molar-refractivity contribution in [3.63, 3.8) is 0 Å². The minimum atomic E-state index is 0.363. The van der Waals surface area contributed by atoms with Gasteiger partial charge < -0.3 is 20.3 Å². The Balaban J connectivity index is 1.75. The van der Waals surface area contributed by atoms with E-state index in [1.54, 1.807) is 7.11 Å². The lowest BCUT2D eigenvalue weighted by Gasteiger charge is -2.23. The van der Waals surface area contributed by atoms with Gasteiger partial charge in [0, 0.05) is 12.1 Å². The van der Waals surface area contributed by atoms with Crippen LogP contribution in [0.15, 0.2) is 54.6 Å². The number of hydrogen-bond donors (Lipinski definition) is 3. The number of quaternary nitrogens is 1. The van der Waals surface area contributed by atoms with Gasteiger partial charge in [-0.15, -0.1) is 0 Å². The van der Waals surface area contributed by atoms with Crippen LogP contribution in [-0.2, 0) is 6.42 Å². The third-order valence-electron chi connectivity index (χ3n) is 4.22. The van der Waals surface area contributed by atoms with E-state index in [4.69, 9.17) is 17.0 Å². The van der Waals surface area contributed by atoms with Crippen molar-refractivity contribution in [3.05, 3.63) is 65.7 Å². The van der Waals surface area contributed by atoms with Crippen LogP contribution in [0.4, 0.5) is 0 Å². The van der Waals surface area contributed by atoms with Crippen LogP contribution >= 0.6 is 12.2 Å². The van der Waals surface area contributed by atoms with Gasteiger partial charge in [-0.2, -0.15) is 0 Å². The van der Waals surface area contributed by atoms with Gasteiger partial charge in [-0.3, -0.25) is 0 Å². The summed E-state index contributed by atoms with van der Waals surface area (Å²) in [7, 11) is 6.01. The van der Waals surface area contributed by atoms with Gasteiger partial charge in [0.2, 0.25) is 0 Å². The Bertz CT molecular complexity index is 644. The molecule has 0 aliphatic carbocycles. The zero-order valence-electron chi connectivity index (χ0n) is 15.2. The Morgan fingerprint density at radius 2 is 1.72 bits per heavy atom. The molecule has 0 unspecified atom stereocenters. The largest absolute Gasteiger partial charge is 0.497 e. The summed E-state index contributed by atoms with van der Waals surface area (Å²) < 4.78 is 5.17. The molecule has 0 saturated carbocycles. The highest BCUT2D eigenvalue weighted by molar-refractivity contribution is 7.80. The van der Waals surface area contributed by atoms with Gasteiger partial charge in [0.05, 0.1) is 27.7 Å². The molecule has 0 fully saturated rings. The molecule has 1 atom stereocenters. The summed E-state index contributed by atoms with van der Waals surface area (Å²) in [5.74, 6) is 0.882. The SMILES string of the molecule is COc1ccc(CCNC(=S)NC[C@@H](c2ccccc2)[NH+](C)C)cc1. The molecule has 0 aliphatic rings. The molecule has 0 heterocycles. The van der Waals surface area contributed by atoms with E-state index in [1.165, 1.54) is 16.0 Å². The molecule has 5 heteroatoms.